The Kier molecular flexibility index (Phi) is 5.37. The number of furan rings is 1. The van der Waals surface area contributed by atoms with Gasteiger partial charge in [0.1, 0.15) is 11.6 Å². The fraction of sp³-hybridized carbons (Fsp3) is 0.360. The van der Waals surface area contributed by atoms with E-state index in [0.29, 0.717) is 29.6 Å². The van der Waals surface area contributed by atoms with E-state index in [9.17, 15) is 4.79 Å². The summed E-state index contributed by atoms with van der Waals surface area (Å²) < 4.78 is 5.72. The molecule has 31 heavy (non-hydrogen) atoms. The van der Waals surface area contributed by atoms with Crippen molar-refractivity contribution in [2.24, 2.45) is 0 Å². The van der Waals surface area contributed by atoms with E-state index in [-0.39, 0.29) is 5.91 Å². The third-order valence-corrected chi connectivity index (χ3v) is 6.34. The SMILES string of the molecule is CC1Cc2ccccc2N1Cc1occc1C(=O)Nc1ccc(N2CCCCC2)nc1. The molecule has 1 saturated heterocycles. The molecule has 3 aromatic rings. The summed E-state index contributed by atoms with van der Waals surface area (Å²) in [5.41, 5.74) is 3.82. The topological polar surface area (TPSA) is 61.6 Å². The Balaban J connectivity index is 1.28. The van der Waals surface area contributed by atoms with Gasteiger partial charge < -0.3 is 19.5 Å². The summed E-state index contributed by atoms with van der Waals surface area (Å²) in [7, 11) is 0. The summed E-state index contributed by atoms with van der Waals surface area (Å²) in [5.74, 6) is 1.48. The van der Waals surface area contributed by atoms with E-state index in [1.54, 1.807) is 18.5 Å². The number of fused-ring (bicyclic) bond motifs is 1. The number of aromatic nitrogens is 1. The van der Waals surface area contributed by atoms with Crippen LogP contribution in [0.5, 0.6) is 0 Å². The van der Waals surface area contributed by atoms with Gasteiger partial charge in [-0.15, -0.1) is 0 Å². The van der Waals surface area contributed by atoms with Crippen molar-refractivity contribution in [3.05, 3.63) is 71.8 Å². The van der Waals surface area contributed by atoms with Gasteiger partial charge in [-0.3, -0.25) is 4.79 Å². The second-order valence-corrected chi connectivity index (χ2v) is 8.47. The van der Waals surface area contributed by atoms with Crippen LogP contribution in [0.3, 0.4) is 0 Å². The van der Waals surface area contributed by atoms with Gasteiger partial charge in [-0.2, -0.15) is 0 Å². The number of rotatable bonds is 5. The molecule has 1 amide bonds. The average Bonchev–Trinajstić information content (AvgIpc) is 3.39. The number of carbonyl (C=O) groups excluding carboxylic acids is 1. The molecule has 160 valence electrons. The first-order chi connectivity index (χ1) is 15.2. The van der Waals surface area contributed by atoms with Crippen molar-refractivity contribution in [2.75, 3.05) is 28.2 Å². The number of hydrogen-bond acceptors (Lipinski definition) is 5. The van der Waals surface area contributed by atoms with Crippen molar-refractivity contribution in [1.29, 1.82) is 0 Å². The normalized spacial score (nSPS) is 18.2. The molecule has 4 heterocycles. The van der Waals surface area contributed by atoms with Gasteiger partial charge in [-0.25, -0.2) is 4.98 Å². The fourth-order valence-electron chi connectivity index (χ4n) is 4.66. The number of hydrogen-bond donors (Lipinski definition) is 1. The zero-order valence-electron chi connectivity index (χ0n) is 17.9. The van der Waals surface area contributed by atoms with Gasteiger partial charge >= 0.3 is 0 Å². The number of nitrogens with one attached hydrogen (secondary N) is 1. The summed E-state index contributed by atoms with van der Waals surface area (Å²) in [6, 6.07) is 14.5. The molecule has 1 aromatic carbocycles. The number of pyridine rings is 1. The Morgan fingerprint density at radius 2 is 1.97 bits per heavy atom. The average molecular weight is 417 g/mol. The smallest absolute Gasteiger partial charge is 0.259 e. The molecular formula is C25H28N4O2. The molecule has 6 nitrogen and oxygen atoms in total. The van der Waals surface area contributed by atoms with Crippen molar-refractivity contribution in [3.8, 4) is 0 Å². The molecule has 1 N–H and O–H groups in total. The number of benzene rings is 1. The minimum atomic E-state index is -0.170. The predicted molar refractivity (Wildman–Crippen MR) is 123 cm³/mol. The van der Waals surface area contributed by atoms with Crippen molar-refractivity contribution >= 4 is 23.1 Å². The van der Waals surface area contributed by atoms with Gasteiger partial charge in [0.15, 0.2) is 0 Å². The molecule has 1 fully saturated rings. The maximum atomic E-state index is 13.0. The largest absolute Gasteiger partial charge is 0.467 e. The van der Waals surface area contributed by atoms with Crippen molar-refractivity contribution in [3.63, 3.8) is 0 Å². The molecule has 0 radical (unpaired) electrons. The number of para-hydroxylation sites is 1. The van der Waals surface area contributed by atoms with Crippen LogP contribution in [0.2, 0.25) is 0 Å². The quantitative estimate of drug-likeness (QED) is 0.643. The highest BCUT2D eigenvalue weighted by atomic mass is 16.3. The van der Waals surface area contributed by atoms with Crippen LogP contribution in [-0.2, 0) is 13.0 Å². The Bertz CT molecular complexity index is 1050. The van der Waals surface area contributed by atoms with Crippen LogP contribution < -0.4 is 15.1 Å². The lowest BCUT2D eigenvalue weighted by Gasteiger charge is -2.27. The Morgan fingerprint density at radius 1 is 1.13 bits per heavy atom. The van der Waals surface area contributed by atoms with Gasteiger partial charge in [-0.05, 0) is 62.4 Å². The fourth-order valence-corrected chi connectivity index (χ4v) is 4.66. The Labute approximate surface area is 182 Å². The lowest BCUT2D eigenvalue weighted by molar-refractivity contribution is 0.102. The van der Waals surface area contributed by atoms with Crippen molar-refractivity contribution in [2.45, 2.75) is 45.2 Å². The second-order valence-electron chi connectivity index (χ2n) is 8.47. The van der Waals surface area contributed by atoms with E-state index in [0.717, 1.165) is 25.3 Å². The molecule has 0 saturated carbocycles. The van der Waals surface area contributed by atoms with E-state index in [1.807, 2.05) is 12.1 Å². The number of amides is 1. The minimum Gasteiger partial charge on any atom is -0.467 e. The molecule has 0 bridgehead atoms. The van der Waals surface area contributed by atoms with E-state index < -0.39 is 0 Å². The van der Waals surface area contributed by atoms with Gasteiger partial charge in [0, 0.05) is 24.8 Å². The molecule has 0 aliphatic carbocycles. The molecule has 2 aliphatic rings. The summed E-state index contributed by atoms with van der Waals surface area (Å²) in [6.45, 7) is 4.88. The molecule has 5 rings (SSSR count). The van der Waals surface area contributed by atoms with Gasteiger partial charge in [0.25, 0.3) is 5.91 Å². The number of nitrogens with zero attached hydrogens (tertiary/aromatic N) is 3. The van der Waals surface area contributed by atoms with Crippen LogP contribution in [0.25, 0.3) is 0 Å². The van der Waals surface area contributed by atoms with E-state index >= 15 is 0 Å². The zero-order chi connectivity index (χ0) is 21.2. The summed E-state index contributed by atoms with van der Waals surface area (Å²) in [6.07, 6.45) is 8.05. The maximum absolute atomic E-state index is 13.0. The first kappa shape index (κ1) is 19.7. The first-order valence-electron chi connectivity index (χ1n) is 11.1. The molecular weight excluding hydrogens is 388 g/mol. The maximum Gasteiger partial charge on any atom is 0.259 e. The Hall–Kier alpha value is -3.28. The first-order valence-corrected chi connectivity index (χ1v) is 11.1. The van der Waals surface area contributed by atoms with Crippen LogP contribution in [0.4, 0.5) is 17.2 Å². The molecule has 1 atom stereocenters. The zero-order valence-corrected chi connectivity index (χ0v) is 17.9. The third kappa shape index (κ3) is 4.02. The number of piperidine rings is 1. The number of carbonyl (C=O) groups is 1. The van der Waals surface area contributed by atoms with Crippen LogP contribution in [0.1, 0.15) is 47.9 Å². The minimum absolute atomic E-state index is 0.170. The van der Waals surface area contributed by atoms with Crippen LogP contribution in [0.15, 0.2) is 59.3 Å². The van der Waals surface area contributed by atoms with Gasteiger partial charge in [0.2, 0.25) is 0 Å². The highest BCUT2D eigenvalue weighted by Gasteiger charge is 2.28. The van der Waals surface area contributed by atoms with Crippen molar-refractivity contribution in [1.82, 2.24) is 4.98 Å². The van der Waals surface area contributed by atoms with E-state index in [2.05, 4.69) is 51.3 Å². The summed E-state index contributed by atoms with van der Waals surface area (Å²) in [4.78, 5) is 22.1. The van der Waals surface area contributed by atoms with Gasteiger partial charge in [-0.1, -0.05) is 18.2 Å². The lowest BCUT2D eigenvalue weighted by Crippen LogP contribution is -2.30. The molecule has 2 aromatic heterocycles. The predicted octanol–water partition coefficient (Wildman–Crippen LogP) is 4.87. The molecule has 0 spiro atoms. The monoisotopic (exact) mass is 416 g/mol. The van der Waals surface area contributed by atoms with E-state index in [1.165, 1.54) is 30.5 Å². The summed E-state index contributed by atoms with van der Waals surface area (Å²) in [5, 5.41) is 2.97. The standard InChI is InChI=1S/C25H28N4O2/c1-18-15-19-7-3-4-8-22(19)29(18)17-23-21(11-14-31-23)25(30)27-20-9-10-24(26-16-20)28-12-5-2-6-13-28/h3-4,7-11,14,16,18H,2,5-6,12-13,15,17H2,1H3,(H,27,30). The second kappa shape index (κ2) is 8.46. The Morgan fingerprint density at radius 3 is 2.77 bits per heavy atom. The van der Waals surface area contributed by atoms with Crippen LogP contribution in [0, 0.1) is 0 Å². The van der Waals surface area contributed by atoms with E-state index in [4.69, 9.17) is 4.42 Å². The number of anilines is 3. The van der Waals surface area contributed by atoms with Crippen LogP contribution >= 0.6 is 0 Å². The lowest BCUT2D eigenvalue weighted by atomic mass is 10.1. The third-order valence-electron chi connectivity index (χ3n) is 6.34. The van der Waals surface area contributed by atoms with Gasteiger partial charge in [0.05, 0.1) is 30.3 Å². The highest BCUT2D eigenvalue weighted by molar-refractivity contribution is 6.05. The highest BCUT2D eigenvalue weighted by Crippen LogP contribution is 2.33. The molecule has 6 heteroatoms. The summed E-state index contributed by atoms with van der Waals surface area (Å²) >= 11 is 0. The molecule has 1 unspecified atom stereocenters. The van der Waals surface area contributed by atoms with Crippen molar-refractivity contribution < 1.29 is 9.21 Å². The van der Waals surface area contributed by atoms with Crippen LogP contribution in [-0.4, -0.2) is 30.0 Å². The molecule has 2 aliphatic heterocycles.